The van der Waals surface area contributed by atoms with Crippen LogP contribution in [0, 0.1) is 11.8 Å². The molecule has 13 heavy (non-hydrogen) atoms. The van der Waals surface area contributed by atoms with Crippen molar-refractivity contribution in [1.29, 1.82) is 0 Å². The average Bonchev–Trinajstić information content (AvgIpc) is 2.85. The van der Waals surface area contributed by atoms with Gasteiger partial charge in [-0.3, -0.25) is 0 Å². The number of allylic oxidation sites excluding steroid dienone is 1. The van der Waals surface area contributed by atoms with Crippen molar-refractivity contribution in [3.63, 3.8) is 0 Å². The van der Waals surface area contributed by atoms with Crippen LogP contribution >= 0.6 is 0 Å². The van der Waals surface area contributed by atoms with Crippen LogP contribution in [0.5, 0.6) is 0 Å². The summed E-state index contributed by atoms with van der Waals surface area (Å²) in [6.45, 7) is 2.46. The molecule has 1 rings (SSSR count). The van der Waals surface area contributed by atoms with Gasteiger partial charge in [0.2, 0.25) is 0 Å². The van der Waals surface area contributed by atoms with Crippen LogP contribution in [0.4, 0.5) is 0 Å². The summed E-state index contributed by atoms with van der Waals surface area (Å²) in [5.74, 6) is 1.95. The minimum atomic E-state index is 0.202. The lowest BCUT2D eigenvalue weighted by atomic mass is 10.1. The van der Waals surface area contributed by atoms with Crippen molar-refractivity contribution >= 4 is 0 Å². The monoisotopic (exact) mass is 182 g/mol. The molecule has 0 aromatic heterocycles. The predicted molar refractivity (Wildman–Crippen MR) is 56.6 cm³/mol. The van der Waals surface area contributed by atoms with Gasteiger partial charge in [0.15, 0.2) is 0 Å². The Kier molecular flexibility index (Phi) is 5.14. The summed E-state index contributed by atoms with van der Waals surface area (Å²) in [6, 6.07) is 0. The summed E-state index contributed by atoms with van der Waals surface area (Å²) < 4.78 is 0. The Morgan fingerprint density at radius 2 is 2.08 bits per heavy atom. The van der Waals surface area contributed by atoms with Crippen molar-refractivity contribution < 1.29 is 5.11 Å². The second-order valence-electron chi connectivity index (χ2n) is 4.14. The Morgan fingerprint density at radius 1 is 1.23 bits per heavy atom. The third kappa shape index (κ3) is 4.47. The van der Waals surface area contributed by atoms with Crippen molar-refractivity contribution in [2.45, 2.75) is 45.4 Å². The van der Waals surface area contributed by atoms with E-state index in [-0.39, 0.29) is 6.61 Å². The fourth-order valence-corrected chi connectivity index (χ4v) is 1.95. The maximum Gasteiger partial charge on any atom is 0.0612 e. The largest absolute Gasteiger partial charge is 0.392 e. The molecule has 1 aliphatic rings. The summed E-state index contributed by atoms with van der Waals surface area (Å²) >= 11 is 0. The van der Waals surface area contributed by atoms with Crippen molar-refractivity contribution in [3.05, 3.63) is 12.2 Å². The SMILES string of the molecule is CCCCC[C@H]1C[C@@H]1C/C=C\CO. The smallest absolute Gasteiger partial charge is 0.0612 e. The molecule has 0 saturated heterocycles. The third-order valence-electron chi connectivity index (χ3n) is 2.96. The van der Waals surface area contributed by atoms with Crippen molar-refractivity contribution in [2.24, 2.45) is 11.8 Å². The Bertz CT molecular complexity index is 151. The van der Waals surface area contributed by atoms with E-state index in [1.54, 1.807) is 0 Å². The van der Waals surface area contributed by atoms with Crippen molar-refractivity contribution in [3.8, 4) is 0 Å². The molecule has 1 heteroatoms. The van der Waals surface area contributed by atoms with Gasteiger partial charge in [-0.15, -0.1) is 0 Å². The highest BCUT2D eigenvalue weighted by molar-refractivity contribution is 4.93. The van der Waals surface area contributed by atoms with Gasteiger partial charge in [-0.05, 0) is 24.7 Å². The maximum atomic E-state index is 8.55. The van der Waals surface area contributed by atoms with Gasteiger partial charge in [0, 0.05) is 0 Å². The summed E-state index contributed by atoms with van der Waals surface area (Å²) in [6.07, 6.45) is 12.2. The van der Waals surface area contributed by atoms with Gasteiger partial charge in [0.25, 0.3) is 0 Å². The molecular formula is C12H22O. The highest BCUT2D eigenvalue weighted by atomic mass is 16.2. The van der Waals surface area contributed by atoms with E-state index >= 15 is 0 Å². The van der Waals surface area contributed by atoms with Crippen molar-refractivity contribution in [2.75, 3.05) is 6.61 Å². The zero-order valence-electron chi connectivity index (χ0n) is 8.71. The quantitative estimate of drug-likeness (QED) is 0.473. The van der Waals surface area contributed by atoms with E-state index in [4.69, 9.17) is 5.11 Å². The molecule has 1 aliphatic carbocycles. The van der Waals surface area contributed by atoms with Gasteiger partial charge >= 0.3 is 0 Å². The van der Waals surface area contributed by atoms with E-state index in [1.807, 2.05) is 6.08 Å². The molecule has 0 bridgehead atoms. The summed E-state index contributed by atoms with van der Waals surface area (Å²) in [5.41, 5.74) is 0. The van der Waals surface area contributed by atoms with Crippen LogP contribution in [0.3, 0.4) is 0 Å². The predicted octanol–water partition coefficient (Wildman–Crippen LogP) is 3.14. The number of rotatable bonds is 7. The molecule has 0 amide bonds. The fourth-order valence-electron chi connectivity index (χ4n) is 1.95. The minimum absolute atomic E-state index is 0.202. The van der Waals surface area contributed by atoms with Crippen molar-refractivity contribution in [1.82, 2.24) is 0 Å². The summed E-state index contributed by atoms with van der Waals surface area (Å²) in [4.78, 5) is 0. The van der Waals surface area contributed by atoms with Crippen LogP contribution in [-0.2, 0) is 0 Å². The van der Waals surface area contributed by atoms with Gasteiger partial charge in [-0.1, -0.05) is 44.8 Å². The zero-order chi connectivity index (χ0) is 9.52. The highest BCUT2D eigenvalue weighted by Crippen LogP contribution is 2.44. The molecule has 2 atom stereocenters. The van der Waals surface area contributed by atoms with Gasteiger partial charge in [0.05, 0.1) is 6.61 Å². The van der Waals surface area contributed by atoms with Gasteiger partial charge < -0.3 is 5.11 Å². The maximum absolute atomic E-state index is 8.55. The van der Waals surface area contributed by atoms with Crippen LogP contribution < -0.4 is 0 Å². The number of aliphatic hydroxyl groups is 1. The zero-order valence-corrected chi connectivity index (χ0v) is 8.71. The molecule has 1 fully saturated rings. The Morgan fingerprint density at radius 3 is 2.77 bits per heavy atom. The number of hydrogen-bond acceptors (Lipinski definition) is 1. The van der Waals surface area contributed by atoms with Crippen LogP contribution in [0.15, 0.2) is 12.2 Å². The Balaban J connectivity index is 1.93. The van der Waals surface area contributed by atoms with Gasteiger partial charge in [-0.2, -0.15) is 0 Å². The second-order valence-corrected chi connectivity index (χ2v) is 4.14. The van der Waals surface area contributed by atoms with E-state index in [1.165, 1.54) is 38.5 Å². The van der Waals surface area contributed by atoms with E-state index in [2.05, 4.69) is 13.0 Å². The molecule has 0 aromatic rings. The molecule has 1 saturated carbocycles. The molecule has 76 valence electrons. The molecule has 0 spiro atoms. The normalized spacial score (nSPS) is 26.9. The van der Waals surface area contributed by atoms with Gasteiger partial charge in [-0.25, -0.2) is 0 Å². The second kappa shape index (κ2) is 6.20. The topological polar surface area (TPSA) is 20.2 Å². The van der Waals surface area contributed by atoms with E-state index in [9.17, 15) is 0 Å². The molecule has 0 unspecified atom stereocenters. The average molecular weight is 182 g/mol. The van der Waals surface area contributed by atoms with E-state index in [0.717, 1.165) is 11.8 Å². The van der Waals surface area contributed by atoms with Crippen LogP contribution in [0.25, 0.3) is 0 Å². The third-order valence-corrected chi connectivity index (χ3v) is 2.96. The molecule has 1 nitrogen and oxygen atoms in total. The first-order valence-electron chi connectivity index (χ1n) is 5.64. The molecule has 0 aromatic carbocycles. The Hall–Kier alpha value is -0.300. The first-order chi connectivity index (χ1) is 6.38. The molecular weight excluding hydrogens is 160 g/mol. The first kappa shape index (κ1) is 10.8. The molecule has 1 N–H and O–H groups in total. The Labute approximate surface area is 81.9 Å². The number of aliphatic hydroxyl groups excluding tert-OH is 1. The summed E-state index contributed by atoms with van der Waals surface area (Å²) in [7, 11) is 0. The molecule has 0 radical (unpaired) electrons. The lowest BCUT2D eigenvalue weighted by Gasteiger charge is -1.96. The first-order valence-corrected chi connectivity index (χ1v) is 5.64. The number of unbranched alkanes of at least 4 members (excludes halogenated alkanes) is 2. The van der Waals surface area contributed by atoms with Crippen LogP contribution in [0.1, 0.15) is 45.4 Å². The molecule has 0 aliphatic heterocycles. The lowest BCUT2D eigenvalue weighted by Crippen LogP contribution is -1.83. The van der Waals surface area contributed by atoms with E-state index in [0.29, 0.717) is 0 Å². The minimum Gasteiger partial charge on any atom is -0.392 e. The highest BCUT2D eigenvalue weighted by Gasteiger charge is 2.34. The van der Waals surface area contributed by atoms with E-state index < -0.39 is 0 Å². The molecule has 0 heterocycles. The lowest BCUT2D eigenvalue weighted by molar-refractivity contribution is 0.342. The van der Waals surface area contributed by atoms with Crippen LogP contribution in [-0.4, -0.2) is 11.7 Å². The van der Waals surface area contributed by atoms with Crippen LogP contribution in [0.2, 0.25) is 0 Å². The number of hydrogen-bond donors (Lipinski definition) is 1. The standard InChI is InChI=1S/C12H22O/c1-2-3-4-7-11-10-12(11)8-5-6-9-13/h5-6,11-13H,2-4,7-10H2,1H3/b6-5-/t11-,12-/m0/s1. The van der Waals surface area contributed by atoms with Gasteiger partial charge in [0.1, 0.15) is 0 Å². The fraction of sp³-hybridized carbons (Fsp3) is 0.833. The summed E-state index contributed by atoms with van der Waals surface area (Å²) in [5, 5.41) is 8.55.